The maximum absolute atomic E-state index is 12.9. The van der Waals surface area contributed by atoms with Crippen molar-refractivity contribution in [1.82, 2.24) is 20.0 Å². The molecule has 1 aliphatic rings. The molecule has 2 aromatic heterocycles. The first-order valence-corrected chi connectivity index (χ1v) is 9.93. The zero-order valence-electron chi connectivity index (χ0n) is 15.0. The molecule has 0 saturated carbocycles. The number of benzene rings is 1. The Hall–Kier alpha value is -2.67. The lowest BCUT2D eigenvalue weighted by molar-refractivity contribution is 0.0710. The number of likely N-dealkylation sites (tertiary alicyclic amines) is 1. The van der Waals surface area contributed by atoms with Crippen LogP contribution in [0.2, 0.25) is 0 Å². The number of thioether (sulfide) groups is 1. The fraction of sp³-hybridized carbons (Fsp3) is 0.300. The van der Waals surface area contributed by atoms with E-state index in [1.54, 1.807) is 24.9 Å². The summed E-state index contributed by atoms with van der Waals surface area (Å²) < 4.78 is 5.29. The number of hydrogen-bond acceptors (Lipinski definition) is 6. The molecule has 0 radical (unpaired) electrons. The number of amides is 1. The van der Waals surface area contributed by atoms with Gasteiger partial charge in [0.1, 0.15) is 6.04 Å². The topological polar surface area (TPSA) is 72.1 Å². The van der Waals surface area contributed by atoms with E-state index >= 15 is 0 Å². The summed E-state index contributed by atoms with van der Waals surface area (Å²) in [5, 5.41) is 4.85. The summed E-state index contributed by atoms with van der Waals surface area (Å²) >= 11 is 1.68. The van der Waals surface area contributed by atoms with Gasteiger partial charge in [-0.25, -0.2) is 4.98 Å². The number of nitrogens with zero attached hydrogens (tertiary/aromatic N) is 4. The van der Waals surface area contributed by atoms with Crippen molar-refractivity contribution < 1.29 is 9.32 Å². The van der Waals surface area contributed by atoms with Crippen LogP contribution in [0.3, 0.4) is 0 Å². The number of rotatable bonds is 5. The molecule has 0 N–H and O–H groups in total. The molecule has 0 aliphatic carbocycles. The normalized spacial score (nSPS) is 16.6. The van der Waals surface area contributed by atoms with Gasteiger partial charge in [-0.15, -0.1) is 11.8 Å². The van der Waals surface area contributed by atoms with E-state index in [1.807, 2.05) is 47.4 Å². The molecular formula is C20H20N4O2S. The maximum Gasteiger partial charge on any atom is 0.254 e. The molecular weight excluding hydrogens is 360 g/mol. The highest BCUT2D eigenvalue weighted by Crippen LogP contribution is 2.32. The first-order valence-electron chi connectivity index (χ1n) is 8.94. The maximum atomic E-state index is 12.9. The van der Waals surface area contributed by atoms with Crippen molar-refractivity contribution in [3.63, 3.8) is 0 Å². The summed E-state index contributed by atoms with van der Waals surface area (Å²) in [6.45, 7) is 2.50. The molecule has 138 valence electrons. The second-order valence-corrected chi connectivity index (χ2v) is 7.49. The molecule has 1 unspecified atom stereocenters. The van der Waals surface area contributed by atoms with Crippen LogP contribution < -0.4 is 0 Å². The Kier molecular flexibility index (Phi) is 5.20. The van der Waals surface area contributed by atoms with Crippen molar-refractivity contribution in [2.45, 2.75) is 36.6 Å². The summed E-state index contributed by atoms with van der Waals surface area (Å²) in [7, 11) is 0. The van der Waals surface area contributed by atoms with Gasteiger partial charge in [0.2, 0.25) is 5.89 Å². The van der Waals surface area contributed by atoms with E-state index in [-0.39, 0.29) is 11.9 Å². The van der Waals surface area contributed by atoms with Crippen molar-refractivity contribution in [3.8, 4) is 0 Å². The van der Waals surface area contributed by atoms with E-state index in [0.29, 0.717) is 23.8 Å². The largest absolute Gasteiger partial charge is 0.337 e. The highest BCUT2D eigenvalue weighted by atomic mass is 32.2. The molecule has 1 atom stereocenters. The van der Waals surface area contributed by atoms with Gasteiger partial charge in [0.05, 0.1) is 5.03 Å². The van der Waals surface area contributed by atoms with Crippen LogP contribution in [-0.4, -0.2) is 32.5 Å². The Morgan fingerprint density at radius 3 is 2.81 bits per heavy atom. The molecule has 0 spiro atoms. The number of hydrogen-bond donors (Lipinski definition) is 0. The third kappa shape index (κ3) is 4.03. The average Bonchev–Trinajstić information content (AvgIpc) is 3.36. The first-order chi connectivity index (χ1) is 13.2. The van der Waals surface area contributed by atoms with Gasteiger partial charge in [0, 0.05) is 24.1 Å². The van der Waals surface area contributed by atoms with Gasteiger partial charge in [0.15, 0.2) is 5.82 Å². The van der Waals surface area contributed by atoms with Crippen LogP contribution >= 0.6 is 11.8 Å². The van der Waals surface area contributed by atoms with E-state index in [1.165, 1.54) is 0 Å². The van der Waals surface area contributed by atoms with Gasteiger partial charge in [-0.1, -0.05) is 23.4 Å². The Labute approximate surface area is 162 Å². The Balaban J connectivity index is 1.42. The third-order valence-electron chi connectivity index (χ3n) is 4.57. The number of aryl methyl sites for hydroxylation is 1. The third-order valence-corrected chi connectivity index (χ3v) is 5.58. The van der Waals surface area contributed by atoms with Crippen molar-refractivity contribution >= 4 is 17.7 Å². The Bertz CT molecular complexity index is 911. The highest BCUT2D eigenvalue weighted by molar-refractivity contribution is 7.98. The van der Waals surface area contributed by atoms with E-state index in [0.717, 1.165) is 29.2 Å². The van der Waals surface area contributed by atoms with Crippen LogP contribution in [0.5, 0.6) is 0 Å². The summed E-state index contributed by atoms with van der Waals surface area (Å²) in [4.78, 5) is 23.4. The lowest BCUT2D eigenvalue weighted by atomic mass is 10.1. The zero-order chi connectivity index (χ0) is 18.6. The molecule has 27 heavy (non-hydrogen) atoms. The van der Waals surface area contributed by atoms with Gasteiger partial charge in [0.25, 0.3) is 5.91 Å². The summed E-state index contributed by atoms with van der Waals surface area (Å²) in [6.07, 6.45) is 3.59. The summed E-state index contributed by atoms with van der Waals surface area (Å²) in [5.41, 5.74) is 1.84. The van der Waals surface area contributed by atoms with Crippen molar-refractivity contribution in [1.29, 1.82) is 0 Å². The van der Waals surface area contributed by atoms with Gasteiger partial charge < -0.3 is 9.42 Å². The molecule has 3 heterocycles. The van der Waals surface area contributed by atoms with Crippen LogP contribution in [0, 0.1) is 6.92 Å². The minimum Gasteiger partial charge on any atom is -0.337 e. The minimum atomic E-state index is -0.127. The summed E-state index contributed by atoms with van der Waals surface area (Å²) in [5.74, 6) is 1.96. The number of pyridine rings is 1. The van der Waals surface area contributed by atoms with Crippen LogP contribution in [0.15, 0.2) is 58.2 Å². The monoisotopic (exact) mass is 380 g/mol. The van der Waals surface area contributed by atoms with Crippen molar-refractivity contribution in [2.24, 2.45) is 0 Å². The fourth-order valence-corrected chi connectivity index (χ4v) is 4.03. The first kappa shape index (κ1) is 17.7. The average molecular weight is 380 g/mol. The molecule has 0 bridgehead atoms. The van der Waals surface area contributed by atoms with E-state index in [2.05, 4.69) is 15.1 Å². The molecule has 1 aromatic carbocycles. The van der Waals surface area contributed by atoms with Crippen LogP contribution in [-0.2, 0) is 5.75 Å². The smallest absolute Gasteiger partial charge is 0.254 e. The van der Waals surface area contributed by atoms with Gasteiger partial charge in [-0.05, 0) is 49.6 Å². The predicted octanol–water partition coefficient (Wildman–Crippen LogP) is 4.04. The van der Waals surface area contributed by atoms with Gasteiger partial charge >= 0.3 is 0 Å². The molecule has 3 aromatic rings. The SMILES string of the molecule is Cc1noc(C2CCCN2C(=O)c2ccc(CSc3ccccn3)cc2)n1. The molecule has 1 saturated heterocycles. The molecule has 4 rings (SSSR count). The molecule has 1 amide bonds. The lowest BCUT2D eigenvalue weighted by Crippen LogP contribution is -2.30. The Morgan fingerprint density at radius 2 is 2.11 bits per heavy atom. The van der Waals surface area contributed by atoms with Crippen LogP contribution in [0.25, 0.3) is 0 Å². The summed E-state index contributed by atoms with van der Waals surface area (Å²) in [6, 6.07) is 13.6. The number of aromatic nitrogens is 3. The second kappa shape index (κ2) is 7.92. The van der Waals surface area contributed by atoms with Crippen LogP contribution in [0.4, 0.5) is 0 Å². The van der Waals surface area contributed by atoms with Crippen molar-refractivity contribution in [2.75, 3.05) is 6.54 Å². The fourth-order valence-electron chi connectivity index (χ4n) is 3.21. The highest BCUT2D eigenvalue weighted by Gasteiger charge is 2.34. The minimum absolute atomic E-state index is 0.0114. The van der Waals surface area contributed by atoms with E-state index in [9.17, 15) is 4.79 Å². The van der Waals surface area contributed by atoms with Crippen LogP contribution in [0.1, 0.15) is 46.5 Å². The van der Waals surface area contributed by atoms with E-state index in [4.69, 9.17) is 4.52 Å². The van der Waals surface area contributed by atoms with Gasteiger partial charge in [-0.2, -0.15) is 4.98 Å². The molecule has 6 nitrogen and oxygen atoms in total. The Morgan fingerprint density at radius 1 is 1.26 bits per heavy atom. The second-order valence-electron chi connectivity index (χ2n) is 6.49. The molecule has 1 fully saturated rings. The quantitative estimate of drug-likeness (QED) is 0.622. The number of carbonyl (C=O) groups is 1. The number of carbonyl (C=O) groups excluding carboxylic acids is 1. The van der Waals surface area contributed by atoms with E-state index < -0.39 is 0 Å². The van der Waals surface area contributed by atoms with Crippen molar-refractivity contribution in [3.05, 3.63) is 71.5 Å². The molecule has 7 heteroatoms. The zero-order valence-corrected chi connectivity index (χ0v) is 15.9. The van der Waals surface area contributed by atoms with Gasteiger partial charge in [-0.3, -0.25) is 4.79 Å². The molecule has 1 aliphatic heterocycles. The standard InChI is InChI=1S/C20H20N4O2S/c1-14-22-19(26-23-14)17-5-4-12-24(17)20(25)16-9-7-15(8-10-16)13-27-18-6-2-3-11-21-18/h2-3,6-11,17H,4-5,12-13H2,1H3. The lowest BCUT2D eigenvalue weighted by Gasteiger charge is -2.22. The predicted molar refractivity (Wildman–Crippen MR) is 102 cm³/mol.